The zero-order valence-corrected chi connectivity index (χ0v) is 12.7. The van der Waals surface area contributed by atoms with Gasteiger partial charge in [-0.25, -0.2) is 17.9 Å². The molecule has 7 heteroatoms. The molecule has 0 aliphatic rings. The Morgan fingerprint density at radius 2 is 1.82 bits per heavy atom. The van der Waals surface area contributed by atoms with E-state index in [1.165, 1.54) is 30.3 Å². The average molecular weight is 322 g/mol. The molecule has 0 atom stereocenters. The van der Waals surface area contributed by atoms with Gasteiger partial charge in [0.1, 0.15) is 5.82 Å². The molecule has 0 spiro atoms. The zero-order valence-electron chi connectivity index (χ0n) is 11.8. The lowest BCUT2D eigenvalue weighted by molar-refractivity contribution is 0.0950. The molecule has 0 bridgehead atoms. The molecule has 2 aromatic carbocycles. The Morgan fingerprint density at radius 1 is 1.18 bits per heavy atom. The third-order valence-corrected chi connectivity index (χ3v) is 4.18. The minimum atomic E-state index is -3.88. The number of carbonyl (C=O) groups is 1. The molecule has 0 heterocycles. The normalized spacial score (nSPS) is 11.2. The van der Waals surface area contributed by atoms with E-state index in [4.69, 9.17) is 5.14 Å². The number of primary sulfonamides is 1. The number of benzene rings is 2. The molecule has 0 unspecified atom stereocenters. The summed E-state index contributed by atoms with van der Waals surface area (Å²) in [4.78, 5) is 12.0. The lowest BCUT2D eigenvalue weighted by atomic mass is 10.1. The fourth-order valence-corrected chi connectivity index (χ4v) is 2.74. The molecule has 116 valence electrons. The number of rotatable bonds is 4. The Labute approximate surface area is 128 Å². The van der Waals surface area contributed by atoms with Crippen molar-refractivity contribution in [2.45, 2.75) is 18.4 Å². The van der Waals surface area contributed by atoms with Gasteiger partial charge in [-0.05, 0) is 42.3 Å². The maximum absolute atomic E-state index is 12.8. The third kappa shape index (κ3) is 3.90. The maximum atomic E-state index is 12.8. The quantitative estimate of drug-likeness (QED) is 0.898. The summed E-state index contributed by atoms with van der Waals surface area (Å²) in [6.07, 6.45) is 0. The Morgan fingerprint density at radius 3 is 2.41 bits per heavy atom. The van der Waals surface area contributed by atoms with Crippen molar-refractivity contribution in [2.75, 3.05) is 0 Å². The second kappa shape index (κ2) is 6.25. The molecule has 1 amide bonds. The van der Waals surface area contributed by atoms with Gasteiger partial charge in [0.25, 0.3) is 5.91 Å². The Kier molecular flexibility index (Phi) is 4.58. The Hall–Kier alpha value is -2.25. The standard InChI is InChI=1S/C15H15FN2O3S/c1-10-2-5-12(8-14(10)22(17,20)21)15(19)18-9-11-3-6-13(16)7-4-11/h2-8H,9H2,1H3,(H,18,19)(H2,17,20,21). The first-order valence-electron chi connectivity index (χ1n) is 6.43. The molecule has 2 rings (SSSR count). The lowest BCUT2D eigenvalue weighted by Gasteiger charge is -2.08. The van der Waals surface area contributed by atoms with Crippen molar-refractivity contribution in [3.63, 3.8) is 0 Å². The molecule has 0 aliphatic heterocycles. The molecule has 0 aromatic heterocycles. The molecule has 0 aliphatic carbocycles. The number of nitrogens with two attached hydrogens (primary N) is 1. The number of aryl methyl sites for hydroxylation is 1. The van der Waals surface area contributed by atoms with E-state index in [0.29, 0.717) is 5.56 Å². The summed E-state index contributed by atoms with van der Waals surface area (Å²) in [5.74, 6) is -0.791. The highest BCUT2D eigenvalue weighted by Gasteiger charge is 2.15. The molecule has 0 saturated heterocycles. The number of sulfonamides is 1. The zero-order chi connectivity index (χ0) is 16.3. The van der Waals surface area contributed by atoms with Gasteiger partial charge in [0.2, 0.25) is 10.0 Å². The summed E-state index contributed by atoms with van der Waals surface area (Å²) in [5, 5.41) is 7.75. The number of hydrogen-bond donors (Lipinski definition) is 2. The summed E-state index contributed by atoms with van der Waals surface area (Å²) in [5.41, 5.74) is 1.39. The van der Waals surface area contributed by atoms with Gasteiger partial charge in [0.05, 0.1) is 4.90 Å². The first-order chi connectivity index (χ1) is 10.3. The second-order valence-corrected chi connectivity index (χ2v) is 6.36. The monoisotopic (exact) mass is 322 g/mol. The summed E-state index contributed by atoms with van der Waals surface area (Å²) in [7, 11) is -3.88. The number of amides is 1. The third-order valence-electron chi connectivity index (χ3n) is 3.12. The SMILES string of the molecule is Cc1ccc(C(=O)NCc2ccc(F)cc2)cc1S(N)(=O)=O. The molecule has 5 nitrogen and oxygen atoms in total. The van der Waals surface area contributed by atoms with E-state index in [0.717, 1.165) is 5.56 Å². The fourth-order valence-electron chi connectivity index (χ4n) is 1.93. The Bertz CT molecular complexity index is 802. The largest absolute Gasteiger partial charge is 0.348 e. The van der Waals surface area contributed by atoms with Crippen molar-refractivity contribution < 1.29 is 17.6 Å². The van der Waals surface area contributed by atoms with Gasteiger partial charge in [0.15, 0.2) is 0 Å². The summed E-state index contributed by atoms with van der Waals surface area (Å²) < 4.78 is 35.7. The van der Waals surface area contributed by atoms with Gasteiger partial charge >= 0.3 is 0 Å². The minimum Gasteiger partial charge on any atom is -0.348 e. The highest BCUT2D eigenvalue weighted by molar-refractivity contribution is 7.89. The molecule has 3 N–H and O–H groups in total. The molecule has 22 heavy (non-hydrogen) atoms. The molecule has 0 saturated carbocycles. The topological polar surface area (TPSA) is 89.3 Å². The lowest BCUT2D eigenvalue weighted by Crippen LogP contribution is -2.23. The van der Waals surface area contributed by atoms with Gasteiger partial charge in [-0.15, -0.1) is 0 Å². The predicted molar refractivity (Wildman–Crippen MR) is 80.1 cm³/mol. The molecule has 0 radical (unpaired) electrons. The van der Waals surface area contributed by atoms with Crippen LogP contribution in [0.2, 0.25) is 0 Å². The van der Waals surface area contributed by atoms with Crippen LogP contribution in [0.4, 0.5) is 4.39 Å². The average Bonchev–Trinajstić information content (AvgIpc) is 2.45. The van der Waals surface area contributed by atoms with E-state index in [2.05, 4.69) is 5.32 Å². The van der Waals surface area contributed by atoms with E-state index >= 15 is 0 Å². The van der Waals surface area contributed by atoms with Crippen molar-refractivity contribution in [1.29, 1.82) is 0 Å². The van der Waals surface area contributed by atoms with Crippen LogP contribution >= 0.6 is 0 Å². The molecular formula is C15H15FN2O3S. The van der Waals surface area contributed by atoms with Gasteiger partial charge in [-0.3, -0.25) is 4.79 Å². The van der Waals surface area contributed by atoms with Gasteiger partial charge in [-0.2, -0.15) is 0 Å². The van der Waals surface area contributed by atoms with Gasteiger partial charge < -0.3 is 5.32 Å². The van der Waals surface area contributed by atoms with Crippen molar-refractivity contribution in [3.8, 4) is 0 Å². The summed E-state index contributed by atoms with van der Waals surface area (Å²) in [6.45, 7) is 1.80. The van der Waals surface area contributed by atoms with E-state index in [9.17, 15) is 17.6 Å². The Balaban J connectivity index is 2.15. The van der Waals surface area contributed by atoms with Crippen LogP contribution in [0.25, 0.3) is 0 Å². The van der Waals surface area contributed by atoms with Crippen molar-refractivity contribution in [1.82, 2.24) is 5.32 Å². The molecular weight excluding hydrogens is 307 g/mol. The van der Waals surface area contributed by atoms with Crippen molar-refractivity contribution in [2.24, 2.45) is 5.14 Å². The second-order valence-electron chi connectivity index (χ2n) is 4.83. The van der Waals surface area contributed by atoms with Crippen LogP contribution in [-0.4, -0.2) is 14.3 Å². The molecule has 0 fully saturated rings. The van der Waals surface area contributed by atoms with E-state index in [-0.39, 0.29) is 22.8 Å². The first-order valence-corrected chi connectivity index (χ1v) is 7.98. The number of carbonyl (C=O) groups excluding carboxylic acids is 1. The predicted octanol–water partition coefficient (Wildman–Crippen LogP) is 1.71. The van der Waals surface area contributed by atoms with Crippen molar-refractivity contribution in [3.05, 3.63) is 65.0 Å². The first kappa shape index (κ1) is 16.1. The summed E-state index contributed by atoms with van der Waals surface area (Å²) in [6, 6.07) is 9.99. The minimum absolute atomic E-state index is 0.0815. The number of nitrogens with one attached hydrogen (secondary N) is 1. The van der Waals surface area contributed by atoms with Gasteiger partial charge in [-0.1, -0.05) is 18.2 Å². The number of hydrogen-bond acceptors (Lipinski definition) is 3. The van der Waals surface area contributed by atoms with E-state index < -0.39 is 15.9 Å². The molecule has 2 aromatic rings. The van der Waals surface area contributed by atoms with Crippen LogP contribution in [0.5, 0.6) is 0 Å². The van der Waals surface area contributed by atoms with Crippen LogP contribution in [0.15, 0.2) is 47.4 Å². The fraction of sp³-hybridized carbons (Fsp3) is 0.133. The van der Waals surface area contributed by atoms with Crippen LogP contribution in [0, 0.1) is 12.7 Å². The summed E-state index contributed by atoms with van der Waals surface area (Å²) >= 11 is 0. The van der Waals surface area contributed by atoms with Crippen LogP contribution in [0.3, 0.4) is 0 Å². The number of halogens is 1. The van der Waals surface area contributed by atoms with E-state index in [1.54, 1.807) is 19.1 Å². The van der Waals surface area contributed by atoms with E-state index in [1.807, 2.05) is 0 Å². The van der Waals surface area contributed by atoms with Crippen LogP contribution in [-0.2, 0) is 16.6 Å². The van der Waals surface area contributed by atoms with Gasteiger partial charge in [0, 0.05) is 12.1 Å². The maximum Gasteiger partial charge on any atom is 0.251 e. The van der Waals surface area contributed by atoms with Crippen LogP contribution < -0.4 is 10.5 Å². The van der Waals surface area contributed by atoms with Crippen LogP contribution in [0.1, 0.15) is 21.5 Å². The smallest absolute Gasteiger partial charge is 0.251 e. The highest BCUT2D eigenvalue weighted by atomic mass is 32.2. The van der Waals surface area contributed by atoms with Crippen molar-refractivity contribution >= 4 is 15.9 Å². The highest BCUT2D eigenvalue weighted by Crippen LogP contribution is 2.15.